The Kier molecular flexibility index (Phi) is 10.2. The van der Waals surface area contributed by atoms with E-state index in [1.54, 1.807) is 0 Å². The quantitative estimate of drug-likeness (QED) is 0.242. The van der Waals surface area contributed by atoms with Crippen molar-refractivity contribution in [3.05, 3.63) is 60.7 Å². The van der Waals surface area contributed by atoms with Gasteiger partial charge in [-0.3, -0.25) is 4.79 Å². The predicted molar refractivity (Wildman–Crippen MR) is 144 cm³/mol. The maximum absolute atomic E-state index is 11.4. The molecule has 7 nitrogen and oxygen atoms in total. The third-order valence-corrected chi connectivity index (χ3v) is 12.8. The summed E-state index contributed by atoms with van der Waals surface area (Å²) >= 11 is 1.30. The Morgan fingerprint density at radius 1 is 0.944 bits per heavy atom. The van der Waals surface area contributed by atoms with Gasteiger partial charge in [0.15, 0.2) is 0 Å². The summed E-state index contributed by atoms with van der Waals surface area (Å²) in [7, 11) is -1.52. The molecule has 0 spiro atoms. The van der Waals surface area contributed by atoms with Crippen molar-refractivity contribution in [3.8, 4) is 0 Å². The summed E-state index contributed by atoms with van der Waals surface area (Å²) in [6.07, 6.45) is -3.95. The van der Waals surface area contributed by atoms with E-state index in [2.05, 4.69) is 49.8 Å². The van der Waals surface area contributed by atoms with Gasteiger partial charge in [-0.25, -0.2) is 0 Å². The van der Waals surface area contributed by atoms with E-state index < -0.39 is 38.2 Å². The average molecular weight is 535 g/mol. The minimum Gasteiger partial charge on any atom is -0.469 e. The zero-order chi connectivity index (χ0) is 26.3. The Hall–Kier alpha value is -1.72. The first-order valence-electron chi connectivity index (χ1n) is 12.2. The van der Waals surface area contributed by atoms with E-state index in [9.17, 15) is 20.1 Å². The van der Waals surface area contributed by atoms with Crippen LogP contribution in [0.1, 0.15) is 33.6 Å². The summed E-state index contributed by atoms with van der Waals surface area (Å²) in [5, 5.41) is 33.8. The number of thioether (sulfide) groups is 1. The number of hydrogen-bond donors (Lipinski definition) is 3. The predicted octanol–water partition coefficient (Wildman–Crippen LogP) is 2.06. The Morgan fingerprint density at radius 2 is 1.50 bits per heavy atom. The van der Waals surface area contributed by atoms with Crippen molar-refractivity contribution < 1.29 is 34.0 Å². The van der Waals surface area contributed by atoms with Crippen LogP contribution in [0.4, 0.5) is 0 Å². The van der Waals surface area contributed by atoms with Gasteiger partial charge in [-0.05, 0) is 27.6 Å². The zero-order valence-corrected chi connectivity index (χ0v) is 23.2. The number of aliphatic hydroxyl groups excluding tert-OH is 3. The van der Waals surface area contributed by atoms with E-state index in [0.717, 1.165) is 10.4 Å². The number of methoxy groups -OCH3 is 1. The highest BCUT2D eigenvalue weighted by molar-refractivity contribution is 7.99. The highest BCUT2D eigenvalue weighted by atomic mass is 32.2. The van der Waals surface area contributed by atoms with E-state index >= 15 is 0 Å². The maximum Gasteiger partial charge on any atom is 0.305 e. The van der Waals surface area contributed by atoms with Crippen LogP contribution < -0.4 is 10.4 Å². The van der Waals surface area contributed by atoms with Gasteiger partial charge in [-0.2, -0.15) is 0 Å². The maximum atomic E-state index is 11.4. The molecular weight excluding hydrogens is 496 g/mol. The molecule has 0 bridgehead atoms. The molecule has 1 saturated heterocycles. The van der Waals surface area contributed by atoms with Gasteiger partial charge in [0.05, 0.1) is 13.7 Å². The van der Waals surface area contributed by atoms with E-state index in [1.807, 2.05) is 36.4 Å². The van der Waals surface area contributed by atoms with Crippen LogP contribution in [-0.2, 0) is 18.7 Å². The van der Waals surface area contributed by atoms with Crippen molar-refractivity contribution in [1.29, 1.82) is 0 Å². The number of carbonyl (C=O) groups excluding carboxylic acids is 1. The van der Waals surface area contributed by atoms with Gasteiger partial charge in [-0.1, -0.05) is 81.4 Å². The van der Waals surface area contributed by atoms with Crippen molar-refractivity contribution in [2.45, 2.75) is 68.5 Å². The van der Waals surface area contributed by atoms with Gasteiger partial charge in [0.1, 0.15) is 29.9 Å². The SMILES string of the molecule is COC(=O)CCCSC1OC(CO[Si](c2ccccc2)(c2ccccc2)C(C)(C)C)C(O)C(O)C1O. The van der Waals surface area contributed by atoms with Crippen molar-refractivity contribution in [2.24, 2.45) is 0 Å². The smallest absolute Gasteiger partial charge is 0.305 e. The fourth-order valence-corrected chi connectivity index (χ4v) is 10.4. The molecule has 1 fully saturated rings. The van der Waals surface area contributed by atoms with Crippen molar-refractivity contribution in [2.75, 3.05) is 19.5 Å². The zero-order valence-electron chi connectivity index (χ0n) is 21.4. The van der Waals surface area contributed by atoms with Gasteiger partial charge >= 0.3 is 5.97 Å². The fourth-order valence-electron chi connectivity index (χ4n) is 4.68. The summed E-state index contributed by atoms with van der Waals surface area (Å²) in [6.45, 7) is 6.54. The standard InChI is InChI=1S/C27H38O7SSi/c1-27(2,3)36(19-12-7-5-8-13-19,20-14-9-6-10-15-20)33-18-21-23(29)24(30)25(31)26(34-21)35-17-11-16-22(28)32-4/h5-10,12-15,21,23-26,29-31H,11,16-18H2,1-4H3. The molecule has 1 aliphatic rings. The van der Waals surface area contributed by atoms with E-state index in [-0.39, 0.29) is 24.0 Å². The molecule has 36 heavy (non-hydrogen) atoms. The van der Waals surface area contributed by atoms with Gasteiger partial charge in [0.25, 0.3) is 8.32 Å². The lowest BCUT2D eigenvalue weighted by molar-refractivity contribution is -0.204. The Balaban J connectivity index is 1.83. The lowest BCUT2D eigenvalue weighted by Gasteiger charge is -2.46. The van der Waals surface area contributed by atoms with Crippen LogP contribution in [-0.4, -0.2) is 78.9 Å². The molecule has 1 heterocycles. The summed E-state index contributed by atoms with van der Waals surface area (Å²) in [6, 6.07) is 20.3. The number of hydrogen-bond acceptors (Lipinski definition) is 8. The second-order valence-electron chi connectivity index (χ2n) is 10.0. The van der Waals surface area contributed by atoms with Gasteiger partial charge in [0, 0.05) is 6.42 Å². The summed E-state index contributed by atoms with van der Waals surface area (Å²) in [4.78, 5) is 11.4. The number of benzene rings is 2. The number of esters is 1. The first-order chi connectivity index (χ1) is 17.1. The second kappa shape index (κ2) is 12.7. The van der Waals surface area contributed by atoms with Gasteiger partial charge in [0.2, 0.25) is 0 Å². The molecule has 2 aromatic carbocycles. The molecule has 5 unspecified atom stereocenters. The number of ether oxygens (including phenoxy) is 2. The van der Waals surface area contributed by atoms with E-state index in [0.29, 0.717) is 12.2 Å². The van der Waals surface area contributed by atoms with Crippen LogP contribution >= 0.6 is 11.8 Å². The number of carbonyl (C=O) groups is 1. The molecule has 5 atom stereocenters. The van der Waals surface area contributed by atoms with Gasteiger partial charge in [-0.15, -0.1) is 11.8 Å². The molecular formula is C27H38O7SSi. The molecule has 0 aromatic heterocycles. The third kappa shape index (κ3) is 6.39. The van der Waals surface area contributed by atoms with Crippen LogP contribution in [0, 0.1) is 0 Å². The van der Waals surface area contributed by atoms with Crippen LogP contribution in [0.15, 0.2) is 60.7 Å². The largest absolute Gasteiger partial charge is 0.469 e. The Bertz CT molecular complexity index is 914. The molecule has 9 heteroatoms. The lowest BCUT2D eigenvalue weighted by atomic mass is 10.0. The van der Waals surface area contributed by atoms with Crippen LogP contribution in [0.25, 0.3) is 0 Å². The van der Waals surface area contributed by atoms with Crippen LogP contribution in [0.5, 0.6) is 0 Å². The minimum absolute atomic E-state index is 0.0530. The minimum atomic E-state index is -2.87. The molecule has 3 rings (SSSR count). The molecule has 2 aromatic rings. The molecule has 0 saturated carbocycles. The van der Waals surface area contributed by atoms with E-state index in [4.69, 9.17) is 9.16 Å². The molecule has 0 radical (unpaired) electrons. The second-order valence-corrected chi connectivity index (χ2v) is 15.6. The van der Waals surface area contributed by atoms with Crippen LogP contribution in [0.3, 0.4) is 0 Å². The van der Waals surface area contributed by atoms with Crippen LogP contribution in [0.2, 0.25) is 5.04 Å². The average Bonchev–Trinajstić information content (AvgIpc) is 2.87. The van der Waals surface area contributed by atoms with Crippen molar-refractivity contribution >= 4 is 36.4 Å². The van der Waals surface area contributed by atoms with E-state index in [1.165, 1.54) is 18.9 Å². The monoisotopic (exact) mass is 534 g/mol. The lowest BCUT2D eigenvalue weighted by Crippen LogP contribution is -2.68. The molecule has 3 N–H and O–H groups in total. The summed E-state index contributed by atoms with van der Waals surface area (Å²) < 4.78 is 17.6. The summed E-state index contributed by atoms with van der Waals surface area (Å²) in [5.41, 5.74) is -0.756. The first-order valence-corrected chi connectivity index (χ1v) is 15.2. The normalized spacial score (nSPS) is 24.9. The Labute approximate surface area is 218 Å². The topological polar surface area (TPSA) is 105 Å². The molecule has 0 amide bonds. The highest BCUT2D eigenvalue weighted by Crippen LogP contribution is 2.38. The Morgan fingerprint density at radius 3 is 2.00 bits per heavy atom. The first kappa shape index (κ1) is 28.8. The number of aliphatic hydroxyl groups is 3. The van der Waals surface area contributed by atoms with Crippen molar-refractivity contribution in [3.63, 3.8) is 0 Å². The molecule has 1 aliphatic heterocycles. The fraction of sp³-hybridized carbons (Fsp3) is 0.519. The van der Waals surface area contributed by atoms with Gasteiger partial charge < -0.3 is 29.2 Å². The highest BCUT2D eigenvalue weighted by Gasteiger charge is 2.52. The number of rotatable bonds is 10. The molecule has 198 valence electrons. The van der Waals surface area contributed by atoms with Crippen molar-refractivity contribution in [1.82, 2.24) is 0 Å². The summed E-state index contributed by atoms with van der Waals surface area (Å²) in [5.74, 6) is 0.231. The third-order valence-electron chi connectivity index (χ3n) is 6.58. The molecule has 0 aliphatic carbocycles.